The Labute approximate surface area is 178 Å². The van der Waals surface area contributed by atoms with Crippen LogP contribution < -0.4 is 30.3 Å². The molecule has 3 amide bonds. The first-order valence-corrected chi connectivity index (χ1v) is 9.43. The molecular formula is C21H22N4O6. The molecule has 2 aromatic rings. The number of nitrogens with zero attached hydrogens (tertiary/aromatic N) is 1. The van der Waals surface area contributed by atoms with Gasteiger partial charge in [-0.25, -0.2) is 5.43 Å². The third-order valence-electron chi connectivity index (χ3n) is 4.15. The van der Waals surface area contributed by atoms with Gasteiger partial charge in [0.1, 0.15) is 19.0 Å². The van der Waals surface area contributed by atoms with Crippen LogP contribution >= 0.6 is 0 Å². The van der Waals surface area contributed by atoms with Crippen molar-refractivity contribution < 1.29 is 28.6 Å². The van der Waals surface area contributed by atoms with Crippen LogP contribution in [0.15, 0.2) is 47.6 Å². The minimum atomic E-state index is -0.975. The summed E-state index contributed by atoms with van der Waals surface area (Å²) < 4.78 is 16.0. The van der Waals surface area contributed by atoms with E-state index < -0.39 is 11.8 Å². The summed E-state index contributed by atoms with van der Waals surface area (Å²) in [5.74, 6) is -0.636. The van der Waals surface area contributed by atoms with Gasteiger partial charge in [-0.2, -0.15) is 5.10 Å². The minimum absolute atomic E-state index is 0.0805. The average molecular weight is 426 g/mol. The number of anilines is 2. The summed E-state index contributed by atoms with van der Waals surface area (Å²) >= 11 is 0. The fourth-order valence-corrected chi connectivity index (χ4v) is 2.72. The van der Waals surface area contributed by atoms with E-state index in [2.05, 4.69) is 21.2 Å². The smallest absolute Gasteiger partial charge is 0.329 e. The molecule has 0 atom stereocenters. The van der Waals surface area contributed by atoms with E-state index in [1.54, 1.807) is 49.4 Å². The maximum atomic E-state index is 12.2. The number of fused-ring (bicyclic) bond motifs is 1. The van der Waals surface area contributed by atoms with Crippen molar-refractivity contribution in [2.45, 2.75) is 13.3 Å². The number of nitrogens with one attached hydrogen (secondary N) is 3. The van der Waals surface area contributed by atoms with Crippen LogP contribution in [0.4, 0.5) is 11.4 Å². The summed E-state index contributed by atoms with van der Waals surface area (Å²) in [6, 6.07) is 11.8. The molecule has 0 saturated carbocycles. The second-order valence-corrected chi connectivity index (χ2v) is 6.53. The largest absolute Gasteiger partial charge is 0.495 e. The molecule has 3 N–H and O–H groups in total. The third-order valence-corrected chi connectivity index (χ3v) is 4.15. The van der Waals surface area contributed by atoms with Gasteiger partial charge in [-0.15, -0.1) is 0 Å². The standard InChI is InChI=1S/C21H22N4O6/c1-13(11-19(26)22-14-7-8-17-18(12-14)31-10-9-30-17)24-25-21(28)20(27)23-15-5-3-4-6-16(15)29-2/h3-8,12H,9-11H2,1-2H3,(H,22,26)(H,23,27)(H,25,28). The fourth-order valence-electron chi connectivity index (χ4n) is 2.72. The number of carbonyl (C=O) groups excluding carboxylic acids is 3. The first-order valence-electron chi connectivity index (χ1n) is 9.43. The lowest BCUT2D eigenvalue weighted by Gasteiger charge is -2.19. The van der Waals surface area contributed by atoms with Crippen LogP contribution in [-0.2, 0) is 14.4 Å². The number of ether oxygens (including phenoxy) is 3. The van der Waals surface area contributed by atoms with Gasteiger partial charge >= 0.3 is 11.8 Å². The molecule has 10 heteroatoms. The van der Waals surface area contributed by atoms with Crippen LogP contribution in [-0.4, -0.2) is 43.8 Å². The molecular weight excluding hydrogens is 404 g/mol. The Morgan fingerprint density at radius 2 is 1.74 bits per heavy atom. The highest BCUT2D eigenvalue weighted by atomic mass is 16.6. The maximum Gasteiger partial charge on any atom is 0.329 e. The lowest BCUT2D eigenvalue weighted by Crippen LogP contribution is -2.33. The summed E-state index contributed by atoms with van der Waals surface area (Å²) in [6.45, 7) is 2.49. The molecule has 0 aromatic heterocycles. The van der Waals surface area contributed by atoms with Crippen LogP contribution in [0.1, 0.15) is 13.3 Å². The third kappa shape index (κ3) is 5.95. The molecule has 0 aliphatic carbocycles. The molecule has 162 valence electrons. The highest BCUT2D eigenvalue weighted by Crippen LogP contribution is 2.32. The Morgan fingerprint density at radius 1 is 1.00 bits per heavy atom. The van der Waals surface area contributed by atoms with Gasteiger partial charge in [-0.3, -0.25) is 14.4 Å². The summed E-state index contributed by atoms with van der Waals surface area (Å²) in [6.07, 6.45) is -0.0805. The SMILES string of the molecule is COc1ccccc1NC(=O)C(=O)NN=C(C)CC(=O)Nc1ccc2c(c1)OCCO2. The van der Waals surface area contributed by atoms with Crippen LogP contribution in [0.25, 0.3) is 0 Å². The minimum Gasteiger partial charge on any atom is -0.495 e. The zero-order valence-electron chi connectivity index (χ0n) is 17.1. The van der Waals surface area contributed by atoms with Crippen molar-refractivity contribution >= 4 is 34.8 Å². The lowest BCUT2D eigenvalue weighted by molar-refractivity contribution is -0.136. The molecule has 0 fully saturated rings. The van der Waals surface area contributed by atoms with Crippen molar-refractivity contribution in [3.63, 3.8) is 0 Å². The zero-order valence-corrected chi connectivity index (χ0v) is 17.1. The molecule has 3 rings (SSSR count). The first kappa shape index (κ1) is 21.6. The summed E-state index contributed by atoms with van der Waals surface area (Å²) in [4.78, 5) is 36.2. The van der Waals surface area contributed by atoms with Gasteiger partial charge < -0.3 is 24.8 Å². The molecule has 1 heterocycles. The molecule has 0 saturated heterocycles. The Morgan fingerprint density at radius 3 is 2.52 bits per heavy atom. The monoisotopic (exact) mass is 426 g/mol. The quantitative estimate of drug-likeness (QED) is 0.368. The van der Waals surface area contributed by atoms with Crippen LogP contribution in [0.2, 0.25) is 0 Å². The van der Waals surface area contributed by atoms with Gasteiger partial charge in [0.2, 0.25) is 5.91 Å². The maximum absolute atomic E-state index is 12.2. The van der Waals surface area contributed by atoms with E-state index in [9.17, 15) is 14.4 Å². The van der Waals surface area contributed by atoms with Crippen LogP contribution in [0.3, 0.4) is 0 Å². The average Bonchev–Trinajstić information content (AvgIpc) is 2.77. The predicted molar refractivity (Wildman–Crippen MR) is 114 cm³/mol. The van der Waals surface area contributed by atoms with Crippen molar-refractivity contribution in [1.82, 2.24) is 5.43 Å². The second kappa shape index (κ2) is 10.1. The molecule has 0 bridgehead atoms. The van der Waals surface area contributed by atoms with E-state index in [0.717, 1.165) is 0 Å². The lowest BCUT2D eigenvalue weighted by atomic mass is 10.2. The van der Waals surface area contributed by atoms with Crippen LogP contribution in [0.5, 0.6) is 17.2 Å². The first-order chi connectivity index (χ1) is 15.0. The van der Waals surface area contributed by atoms with E-state index >= 15 is 0 Å². The van der Waals surface area contributed by atoms with Gasteiger partial charge in [-0.1, -0.05) is 12.1 Å². The van der Waals surface area contributed by atoms with E-state index in [4.69, 9.17) is 14.2 Å². The van der Waals surface area contributed by atoms with E-state index in [0.29, 0.717) is 47.5 Å². The number of amides is 3. The number of hydrogen-bond donors (Lipinski definition) is 3. The number of benzene rings is 2. The van der Waals surface area contributed by atoms with Crippen molar-refractivity contribution in [2.75, 3.05) is 31.0 Å². The number of methoxy groups -OCH3 is 1. The highest BCUT2D eigenvalue weighted by molar-refractivity contribution is 6.39. The molecule has 0 spiro atoms. The molecule has 0 unspecified atom stereocenters. The van der Waals surface area contributed by atoms with E-state index in [1.165, 1.54) is 7.11 Å². The van der Waals surface area contributed by atoms with Crippen molar-refractivity contribution in [1.29, 1.82) is 0 Å². The number of hydrogen-bond acceptors (Lipinski definition) is 7. The highest BCUT2D eigenvalue weighted by Gasteiger charge is 2.16. The molecule has 31 heavy (non-hydrogen) atoms. The van der Waals surface area contributed by atoms with Gasteiger partial charge in [0, 0.05) is 17.5 Å². The molecule has 0 radical (unpaired) electrons. The van der Waals surface area contributed by atoms with Gasteiger partial charge in [0.25, 0.3) is 0 Å². The number of rotatable bonds is 6. The van der Waals surface area contributed by atoms with Gasteiger partial charge in [-0.05, 0) is 31.2 Å². The predicted octanol–water partition coefficient (Wildman–Crippen LogP) is 1.93. The Hall–Kier alpha value is -4.08. The number of para-hydroxylation sites is 2. The van der Waals surface area contributed by atoms with Crippen LogP contribution in [0, 0.1) is 0 Å². The van der Waals surface area contributed by atoms with E-state index in [1.807, 2.05) is 0 Å². The van der Waals surface area contributed by atoms with Gasteiger partial charge in [0.15, 0.2) is 11.5 Å². The Kier molecular flexibility index (Phi) is 7.05. The molecule has 10 nitrogen and oxygen atoms in total. The second-order valence-electron chi connectivity index (χ2n) is 6.53. The topological polar surface area (TPSA) is 127 Å². The Bertz CT molecular complexity index is 1020. The summed E-state index contributed by atoms with van der Waals surface area (Å²) in [5, 5.41) is 8.95. The number of hydrazone groups is 1. The zero-order chi connectivity index (χ0) is 22.2. The normalized spacial score (nSPS) is 12.5. The molecule has 1 aliphatic heterocycles. The fraction of sp³-hybridized carbons (Fsp3) is 0.238. The summed E-state index contributed by atoms with van der Waals surface area (Å²) in [5.41, 5.74) is 3.34. The van der Waals surface area contributed by atoms with Crippen molar-refractivity contribution in [2.24, 2.45) is 5.10 Å². The molecule has 2 aromatic carbocycles. The molecule has 1 aliphatic rings. The van der Waals surface area contributed by atoms with Gasteiger partial charge in [0.05, 0.1) is 19.2 Å². The van der Waals surface area contributed by atoms with Crippen molar-refractivity contribution in [3.8, 4) is 17.2 Å². The number of carbonyl (C=O) groups is 3. The Balaban J connectivity index is 1.50. The van der Waals surface area contributed by atoms with Crippen molar-refractivity contribution in [3.05, 3.63) is 42.5 Å². The van der Waals surface area contributed by atoms with E-state index in [-0.39, 0.29) is 12.3 Å². The summed E-state index contributed by atoms with van der Waals surface area (Å²) in [7, 11) is 1.45.